The fourth-order valence-electron chi connectivity index (χ4n) is 6.77. The molecule has 352 valence electrons. The molecule has 14 nitrogen and oxygen atoms in total. The van der Waals surface area contributed by atoms with Crippen molar-refractivity contribution in [1.82, 2.24) is 15.4 Å². The van der Waals surface area contributed by atoms with Crippen molar-refractivity contribution < 1.29 is 47.7 Å². The number of amides is 3. The van der Waals surface area contributed by atoms with Crippen LogP contribution in [0.1, 0.15) is 130 Å². The molecule has 0 unspecified atom stereocenters. The van der Waals surface area contributed by atoms with E-state index in [1.54, 1.807) is 89.4 Å². The van der Waals surface area contributed by atoms with Gasteiger partial charge in [0.25, 0.3) is 23.0 Å². The maximum Gasteiger partial charge on any atom is 0.333 e. The molecular weight excluding hydrogens is 852 g/mol. The van der Waals surface area contributed by atoms with Crippen LogP contribution in [0.4, 0.5) is 0 Å². The predicted molar refractivity (Wildman–Crippen MR) is 252 cm³/mol. The molecule has 0 atom stereocenters. The van der Waals surface area contributed by atoms with E-state index in [-0.39, 0.29) is 13.2 Å². The quantitative estimate of drug-likeness (QED) is 0.0406. The fraction of sp³-hybridized carbons (Fsp3) is 0.400. The lowest BCUT2D eigenvalue weighted by Crippen LogP contribution is -2.61. The highest BCUT2D eigenvalue weighted by Crippen LogP contribution is 2.26. The van der Waals surface area contributed by atoms with Crippen molar-refractivity contribution in [3.05, 3.63) is 128 Å². The first-order chi connectivity index (χ1) is 30.5. The van der Waals surface area contributed by atoms with Gasteiger partial charge in [0, 0.05) is 33.4 Å². The molecule has 0 aromatic heterocycles. The molecule has 3 N–H and O–H groups in total. The predicted octanol–water partition coefficient (Wildman–Crippen LogP) is 8.60. The second-order valence-corrected chi connectivity index (χ2v) is 16.4. The van der Waals surface area contributed by atoms with Crippen molar-refractivity contribution >= 4 is 46.5 Å². The van der Waals surface area contributed by atoms with Gasteiger partial charge >= 0.3 is 11.9 Å². The van der Waals surface area contributed by atoms with E-state index in [9.17, 15) is 28.8 Å². The number of carbonyl (C=O) groups is 6. The number of esters is 2. The summed E-state index contributed by atoms with van der Waals surface area (Å²) < 4.78 is 20.6. The Morgan fingerprint density at radius 2 is 0.985 bits per heavy atom. The third-order valence-corrected chi connectivity index (χ3v) is 10.4. The molecule has 0 heterocycles. The molecule has 0 saturated carbocycles. The van der Waals surface area contributed by atoms with E-state index >= 15 is 0 Å². The van der Waals surface area contributed by atoms with E-state index in [1.165, 1.54) is 21.0 Å². The van der Waals surface area contributed by atoms with Crippen molar-refractivity contribution in [2.75, 3.05) is 27.4 Å². The summed E-state index contributed by atoms with van der Waals surface area (Å²) in [6.07, 6.45) is 1.29. The van der Waals surface area contributed by atoms with Gasteiger partial charge in [-0.05, 0) is 142 Å². The third kappa shape index (κ3) is 14.4. The zero-order valence-electron chi connectivity index (χ0n) is 40.2. The van der Waals surface area contributed by atoms with Crippen LogP contribution in [-0.4, -0.2) is 83.4 Å². The van der Waals surface area contributed by atoms with Gasteiger partial charge in [0.05, 0.1) is 27.4 Å². The first-order valence-electron chi connectivity index (χ1n) is 21.2. The standard InChI is InChI=1S/C25H32N2O5.C15H22N2O3.C10H11ClO2/c1-8-19-20(11-10-12-21(19)31-7)22(28)26-27(25(5,6)24(30)32-9-2)23(29)18-14-16(3)13-17(4)15-18;1-6-20-14(19)15(4,5)17(16)13(18)12-8-10(2)7-11(3)9-12;1-3-7-8(10(11)12)5-4-6-9(7)13-2/h10-15H,8-9H2,1-7H3,(H,26,28);7-9H,6,16H2,1-5H3;4-6H,3H2,1-2H3. The third-order valence-electron chi connectivity index (χ3n) is 10.2. The number of carbonyl (C=O) groups excluding carboxylic acids is 6. The lowest BCUT2D eigenvalue weighted by molar-refractivity contribution is -0.155. The van der Waals surface area contributed by atoms with E-state index < -0.39 is 46.0 Å². The highest BCUT2D eigenvalue weighted by atomic mass is 35.5. The number of ether oxygens (including phenoxy) is 4. The Labute approximate surface area is 388 Å². The second-order valence-electron chi connectivity index (χ2n) is 16.0. The molecule has 0 fully saturated rings. The monoisotopic (exact) mass is 916 g/mol. The molecule has 0 aliphatic heterocycles. The van der Waals surface area contributed by atoms with Crippen LogP contribution in [0.15, 0.2) is 72.8 Å². The average molecular weight is 918 g/mol. The number of methoxy groups -OCH3 is 2. The summed E-state index contributed by atoms with van der Waals surface area (Å²) in [7, 11) is 3.12. The minimum atomic E-state index is -1.45. The number of rotatable bonds is 14. The van der Waals surface area contributed by atoms with E-state index in [4.69, 9.17) is 36.4 Å². The van der Waals surface area contributed by atoms with Crippen LogP contribution in [0.3, 0.4) is 0 Å². The van der Waals surface area contributed by atoms with Gasteiger partial charge in [-0.3, -0.25) is 29.6 Å². The van der Waals surface area contributed by atoms with Gasteiger partial charge in [0.1, 0.15) is 11.5 Å². The van der Waals surface area contributed by atoms with Crippen molar-refractivity contribution in [3.63, 3.8) is 0 Å². The summed E-state index contributed by atoms with van der Waals surface area (Å²) in [5, 5.41) is 1.55. The summed E-state index contributed by atoms with van der Waals surface area (Å²) in [5.41, 5.74) is 7.02. The van der Waals surface area contributed by atoms with Crippen molar-refractivity contribution in [2.45, 2.75) is 107 Å². The number of nitrogens with zero attached hydrogens (tertiary/aromatic N) is 2. The molecule has 0 spiro atoms. The highest BCUT2D eigenvalue weighted by molar-refractivity contribution is 6.68. The molecule has 0 saturated heterocycles. The Kier molecular flexibility index (Phi) is 20.9. The van der Waals surface area contributed by atoms with Crippen LogP contribution < -0.4 is 20.7 Å². The number of hydrogen-bond donors (Lipinski definition) is 2. The Morgan fingerprint density at radius 3 is 1.37 bits per heavy atom. The molecule has 0 bridgehead atoms. The normalized spacial score (nSPS) is 10.8. The summed E-state index contributed by atoms with van der Waals surface area (Å²) in [4.78, 5) is 74.8. The maximum atomic E-state index is 13.5. The molecule has 4 rings (SSSR count). The summed E-state index contributed by atoms with van der Waals surface area (Å²) in [5.74, 6) is 4.55. The number of nitrogens with two attached hydrogens (primary N) is 1. The maximum absolute atomic E-state index is 13.5. The highest BCUT2D eigenvalue weighted by Gasteiger charge is 2.42. The topological polar surface area (TPSA) is 184 Å². The minimum Gasteiger partial charge on any atom is -0.496 e. The number of hydrazine groups is 2. The molecule has 4 aromatic carbocycles. The Bertz CT molecular complexity index is 2300. The summed E-state index contributed by atoms with van der Waals surface area (Å²) >= 11 is 5.42. The number of aryl methyl sites for hydroxylation is 4. The van der Waals surface area contributed by atoms with Crippen molar-refractivity contribution in [3.8, 4) is 11.5 Å². The van der Waals surface area contributed by atoms with Crippen molar-refractivity contribution in [1.29, 1.82) is 0 Å². The largest absolute Gasteiger partial charge is 0.496 e. The SMILES string of the molecule is CCOC(=O)C(C)(C)N(N)C(=O)c1cc(C)cc(C)c1.CCOC(=O)C(C)(C)N(NC(=O)c1cccc(OC)c1CC)C(=O)c1cc(C)cc(C)c1.CCc1c(OC)cccc1C(=O)Cl. The Morgan fingerprint density at radius 1 is 0.600 bits per heavy atom. The van der Waals surface area contributed by atoms with Crippen LogP contribution >= 0.6 is 11.6 Å². The fourth-order valence-corrected chi connectivity index (χ4v) is 6.95. The first kappa shape index (κ1) is 54.9. The van der Waals surface area contributed by atoms with Crippen molar-refractivity contribution in [2.24, 2.45) is 5.84 Å². The molecule has 0 radical (unpaired) electrons. The van der Waals surface area contributed by atoms with Gasteiger partial charge < -0.3 is 18.9 Å². The van der Waals surface area contributed by atoms with E-state index in [0.717, 1.165) is 44.3 Å². The average Bonchev–Trinajstić information content (AvgIpc) is 3.26. The van der Waals surface area contributed by atoms with Gasteiger partial charge in [-0.2, -0.15) is 0 Å². The van der Waals surface area contributed by atoms with E-state index in [1.807, 2.05) is 59.7 Å². The van der Waals surface area contributed by atoms with Gasteiger partial charge in [-0.15, -0.1) is 0 Å². The van der Waals surface area contributed by atoms with E-state index in [2.05, 4.69) is 5.43 Å². The van der Waals surface area contributed by atoms with Crippen LogP contribution in [0.2, 0.25) is 0 Å². The lowest BCUT2D eigenvalue weighted by atomic mass is 10.0. The first-order valence-corrected chi connectivity index (χ1v) is 21.6. The zero-order chi connectivity index (χ0) is 49.4. The summed E-state index contributed by atoms with van der Waals surface area (Å²) in [6.45, 7) is 21.4. The van der Waals surface area contributed by atoms with Crippen LogP contribution in [0.25, 0.3) is 0 Å². The number of nitrogens with one attached hydrogen (secondary N) is 1. The van der Waals surface area contributed by atoms with Gasteiger partial charge in [0.2, 0.25) is 0 Å². The van der Waals surface area contributed by atoms with Gasteiger partial charge in [-0.1, -0.05) is 60.4 Å². The number of benzene rings is 4. The van der Waals surface area contributed by atoms with Crippen LogP contribution in [0, 0.1) is 27.7 Å². The second kappa shape index (κ2) is 24.7. The molecule has 15 heteroatoms. The summed E-state index contributed by atoms with van der Waals surface area (Å²) in [6, 6.07) is 21.3. The number of halogens is 1. The molecule has 0 aliphatic carbocycles. The van der Waals surface area contributed by atoms with Gasteiger partial charge in [0.15, 0.2) is 11.1 Å². The number of hydrogen-bond acceptors (Lipinski definition) is 11. The van der Waals surface area contributed by atoms with Crippen LogP contribution in [-0.2, 0) is 31.9 Å². The molecule has 3 amide bonds. The lowest BCUT2D eigenvalue weighted by Gasteiger charge is -2.36. The smallest absolute Gasteiger partial charge is 0.333 e. The van der Waals surface area contributed by atoms with Crippen LogP contribution in [0.5, 0.6) is 11.5 Å². The molecule has 65 heavy (non-hydrogen) atoms. The molecule has 0 aliphatic rings. The zero-order valence-corrected chi connectivity index (χ0v) is 40.9. The Balaban J connectivity index is 0.000000373. The van der Waals surface area contributed by atoms with Gasteiger partial charge in [-0.25, -0.2) is 20.4 Å². The molecular formula is C50H65ClN4O10. The minimum absolute atomic E-state index is 0.150. The van der Waals surface area contributed by atoms with E-state index in [0.29, 0.717) is 45.7 Å². The molecule has 4 aromatic rings. The Hall–Kier alpha value is -6.25.